The third-order valence-electron chi connectivity index (χ3n) is 5.59. The van der Waals surface area contributed by atoms with Gasteiger partial charge in [0.1, 0.15) is 12.3 Å². The summed E-state index contributed by atoms with van der Waals surface area (Å²) in [6.07, 6.45) is 1.45. The molecule has 0 saturated carbocycles. The number of anilines is 1. The normalized spacial score (nSPS) is 14.5. The van der Waals surface area contributed by atoms with Gasteiger partial charge in [-0.3, -0.25) is 4.90 Å². The molecule has 1 aromatic carbocycles. The number of hydrogen-bond donors (Lipinski definition) is 2. The second-order valence-electron chi connectivity index (χ2n) is 8.07. The Bertz CT molecular complexity index is 1130. The third kappa shape index (κ3) is 5.72. The predicted octanol–water partition coefficient (Wildman–Crippen LogP) is 2.28. The van der Waals surface area contributed by atoms with Gasteiger partial charge in [0.05, 0.1) is 11.3 Å². The molecule has 1 fully saturated rings. The second-order valence-corrected chi connectivity index (χ2v) is 8.07. The van der Waals surface area contributed by atoms with E-state index in [1.807, 2.05) is 0 Å². The summed E-state index contributed by atoms with van der Waals surface area (Å²) in [7, 11) is 0. The SMILES string of the molecule is Cc1cc(-c2nn(C(F)F)cc2Cc2ccccc2C(=O)OCCN2CCNCC2)nc(N)n1. The minimum Gasteiger partial charge on any atom is -0.461 e. The molecule has 1 saturated heterocycles. The van der Waals surface area contributed by atoms with Crippen LogP contribution in [-0.2, 0) is 11.2 Å². The number of aromatic nitrogens is 4. The number of rotatable bonds is 8. The molecular formula is C23H27F2N7O2. The van der Waals surface area contributed by atoms with Crippen LogP contribution in [0, 0.1) is 6.92 Å². The minimum absolute atomic E-state index is 0.0287. The average Bonchev–Trinajstić information content (AvgIpc) is 3.24. The Hall–Kier alpha value is -3.44. The molecule has 3 aromatic rings. The van der Waals surface area contributed by atoms with E-state index in [0.717, 1.165) is 26.2 Å². The van der Waals surface area contributed by atoms with Crippen LogP contribution in [0.2, 0.25) is 0 Å². The van der Waals surface area contributed by atoms with Crippen molar-refractivity contribution in [1.29, 1.82) is 0 Å². The van der Waals surface area contributed by atoms with E-state index >= 15 is 0 Å². The van der Waals surface area contributed by atoms with Gasteiger partial charge in [0, 0.05) is 56.6 Å². The van der Waals surface area contributed by atoms with Crippen molar-refractivity contribution in [1.82, 2.24) is 30.0 Å². The molecular weight excluding hydrogens is 444 g/mol. The van der Waals surface area contributed by atoms with Gasteiger partial charge < -0.3 is 15.8 Å². The first-order valence-corrected chi connectivity index (χ1v) is 11.1. The molecule has 0 radical (unpaired) electrons. The van der Waals surface area contributed by atoms with Gasteiger partial charge in [-0.05, 0) is 24.6 Å². The molecule has 9 nitrogen and oxygen atoms in total. The number of benzene rings is 1. The van der Waals surface area contributed by atoms with Crippen LogP contribution in [0.4, 0.5) is 14.7 Å². The summed E-state index contributed by atoms with van der Waals surface area (Å²) in [5.74, 6) is -0.420. The Labute approximate surface area is 195 Å². The molecule has 0 bridgehead atoms. The summed E-state index contributed by atoms with van der Waals surface area (Å²) in [6.45, 7) is 3.52. The fraction of sp³-hybridized carbons (Fsp3) is 0.391. The van der Waals surface area contributed by atoms with E-state index in [2.05, 4.69) is 25.3 Å². The number of carbonyl (C=O) groups is 1. The van der Waals surface area contributed by atoms with Crippen LogP contribution in [0.25, 0.3) is 11.4 Å². The van der Waals surface area contributed by atoms with Gasteiger partial charge >= 0.3 is 12.5 Å². The number of ether oxygens (including phenoxy) is 1. The number of nitrogen functional groups attached to an aromatic ring is 1. The minimum atomic E-state index is -2.82. The van der Waals surface area contributed by atoms with Gasteiger partial charge in [-0.15, -0.1) is 0 Å². The summed E-state index contributed by atoms with van der Waals surface area (Å²) in [5.41, 5.74) is 8.47. The molecule has 11 heteroatoms. The number of aryl methyl sites for hydroxylation is 1. The number of nitrogens with one attached hydrogen (secondary N) is 1. The summed E-state index contributed by atoms with van der Waals surface area (Å²) in [4.78, 5) is 23.3. The summed E-state index contributed by atoms with van der Waals surface area (Å²) < 4.78 is 33.0. The number of alkyl halides is 2. The Morgan fingerprint density at radius 2 is 1.97 bits per heavy atom. The molecule has 0 spiro atoms. The largest absolute Gasteiger partial charge is 0.461 e. The van der Waals surface area contributed by atoms with E-state index in [4.69, 9.17) is 10.5 Å². The number of piperazine rings is 1. The molecule has 180 valence electrons. The van der Waals surface area contributed by atoms with Crippen LogP contribution in [0.3, 0.4) is 0 Å². The van der Waals surface area contributed by atoms with E-state index in [1.54, 1.807) is 37.3 Å². The van der Waals surface area contributed by atoms with E-state index in [-0.39, 0.29) is 24.7 Å². The first kappa shape index (κ1) is 23.7. The van der Waals surface area contributed by atoms with Crippen molar-refractivity contribution in [3.05, 3.63) is 58.9 Å². The molecule has 0 aliphatic carbocycles. The number of hydrogen-bond acceptors (Lipinski definition) is 8. The monoisotopic (exact) mass is 471 g/mol. The third-order valence-corrected chi connectivity index (χ3v) is 5.59. The lowest BCUT2D eigenvalue weighted by Gasteiger charge is -2.26. The molecule has 4 rings (SSSR count). The van der Waals surface area contributed by atoms with E-state index in [0.29, 0.717) is 39.3 Å². The molecule has 0 atom stereocenters. The van der Waals surface area contributed by atoms with Crippen LogP contribution in [-0.4, -0.2) is 69.9 Å². The van der Waals surface area contributed by atoms with Gasteiger partial charge in [0.15, 0.2) is 0 Å². The Morgan fingerprint density at radius 1 is 1.21 bits per heavy atom. The van der Waals surface area contributed by atoms with Crippen molar-refractivity contribution in [2.75, 3.05) is 45.1 Å². The van der Waals surface area contributed by atoms with Crippen LogP contribution >= 0.6 is 0 Å². The van der Waals surface area contributed by atoms with Crippen LogP contribution in [0.1, 0.15) is 33.7 Å². The number of carbonyl (C=O) groups excluding carboxylic acids is 1. The van der Waals surface area contributed by atoms with Crippen molar-refractivity contribution in [2.45, 2.75) is 19.9 Å². The van der Waals surface area contributed by atoms with E-state index in [1.165, 1.54) is 6.20 Å². The Kier molecular flexibility index (Phi) is 7.43. The first-order valence-electron chi connectivity index (χ1n) is 11.1. The summed E-state index contributed by atoms with van der Waals surface area (Å²) in [5, 5.41) is 7.31. The maximum Gasteiger partial charge on any atom is 0.338 e. The van der Waals surface area contributed by atoms with Crippen LogP contribution in [0.5, 0.6) is 0 Å². The van der Waals surface area contributed by atoms with E-state index in [9.17, 15) is 13.6 Å². The van der Waals surface area contributed by atoms with Crippen molar-refractivity contribution < 1.29 is 18.3 Å². The number of halogens is 2. The zero-order chi connectivity index (χ0) is 24.1. The fourth-order valence-corrected chi connectivity index (χ4v) is 3.95. The van der Waals surface area contributed by atoms with Gasteiger partial charge in [-0.1, -0.05) is 18.2 Å². The number of nitrogens with zero attached hydrogens (tertiary/aromatic N) is 5. The molecule has 0 amide bonds. The highest BCUT2D eigenvalue weighted by Gasteiger charge is 2.21. The van der Waals surface area contributed by atoms with Crippen molar-refractivity contribution >= 4 is 11.9 Å². The Morgan fingerprint density at radius 3 is 2.71 bits per heavy atom. The lowest BCUT2D eigenvalue weighted by molar-refractivity contribution is 0.0454. The smallest absolute Gasteiger partial charge is 0.338 e. The second kappa shape index (κ2) is 10.7. The standard InChI is InChI=1S/C23H27F2N7O2/c1-15-12-19(29-23(26)28-15)20-17(14-32(30-20)22(24)25)13-16-4-2-3-5-18(16)21(33)34-11-10-31-8-6-27-7-9-31/h2-5,12,14,22,27H,6-11,13H2,1H3,(H2,26,28,29). The molecule has 34 heavy (non-hydrogen) atoms. The van der Waals surface area contributed by atoms with Gasteiger partial charge in [0.25, 0.3) is 0 Å². The maximum absolute atomic E-state index is 13.4. The van der Waals surface area contributed by atoms with Crippen LogP contribution < -0.4 is 11.1 Å². The predicted molar refractivity (Wildman–Crippen MR) is 122 cm³/mol. The summed E-state index contributed by atoms with van der Waals surface area (Å²) in [6, 6.07) is 8.61. The van der Waals surface area contributed by atoms with Gasteiger partial charge in [-0.2, -0.15) is 13.9 Å². The molecule has 1 aliphatic rings. The van der Waals surface area contributed by atoms with Crippen molar-refractivity contribution in [3.63, 3.8) is 0 Å². The quantitative estimate of drug-likeness (QED) is 0.482. The molecule has 2 aromatic heterocycles. The number of nitrogens with two attached hydrogens (primary N) is 1. The lowest BCUT2D eigenvalue weighted by Crippen LogP contribution is -2.44. The average molecular weight is 472 g/mol. The molecule has 3 N–H and O–H groups in total. The van der Waals surface area contributed by atoms with E-state index < -0.39 is 12.5 Å². The molecule has 3 heterocycles. The highest BCUT2D eigenvalue weighted by atomic mass is 19.3. The van der Waals surface area contributed by atoms with Gasteiger partial charge in [-0.25, -0.2) is 19.4 Å². The summed E-state index contributed by atoms with van der Waals surface area (Å²) >= 11 is 0. The van der Waals surface area contributed by atoms with Crippen molar-refractivity contribution in [2.24, 2.45) is 0 Å². The molecule has 0 unspecified atom stereocenters. The maximum atomic E-state index is 13.4. The Balaban J connectivity index is 1.55. The van der Waals surface area contributed by atoms with Gasteiger partial charge in [0.2, 0.25) is 5.95 Å². The van der Waals surface area contributed by atoms with Crippen LogP contribution in [0.15, 0.2) is 36.5 Å². The van der Waals surface area contributed by atoms with Crippen molar-refractivity contribution in [3.8, 4) is 11.4 Å². The number of esters is 1. The zero-order valence-corrected chi connectivity index (χ0v) is 18.9. The highest BCUT2D eigenvalue weighted by Crippen LogP contribution is 2.27. The highest BCUT2D eigenvalue weighted by molar-refractivity contribution is 5.91. The lowest BCUT2D eigenvalue weighted by atomic mass is 9.99. The molecule has 1 aliphatic heterocycles. The first-order chi connectivity index (χ1) is 16.4. The topological polar surface area (TPSA) is 111 Å². The zero-order valence-electron chi connectivity index (χ0n) is 18.9. The fourth-order valence-electron chi connectivity index (χ4n) is 3.95.